The average molecular weight is 291 g/mol. The Hall–Kier alpha value is -1.55. The van der Waals surface area contributed by atoms with E-state index in [1.807, 2.05) is 0 Å². The minimum absolute atomic E-state index is 0.165. The van der Waals surface area contributed by atoms with Gasteiger partial charge in [0.2, 0.25) is 0 Å². The quantitative estimate of drug-likeness (QED) is 0.698. The second kappa shape index (κ2) is 6.57. The normalized spacial score (nSPS) is 11.6. The van der Waals surface area contributed by atoms with Crippen LogP contribution in [-0.4, -0.2) is 40.0 Å². The van der Waals surface area contributed by atoms with Crippen LogP contribution in [0.15, 0.2) is 29.2 Å². The zero-order chi connectivity index (χ0) is 14.5. The number of sulfonamides is 1. The van der Waals surface area contributed by atoms with E-state index >= 15 is 0 Å². The fourth-order valence-corrected chi connectivity index (χ4v) is 1.92. The molecule has 0 aromatic heterocycles. The highest BCUT2D eigenvalue weighted by molar-refractivity contribution is 7.89. The van der Waals surface area contributed by atoms with Crippen LogP contribution >= 0.6 is 0 Å². The molecule has 1 rings (SSSR count). The van der Waals surface area contributed by atoms with Gasteiger partial charge < -0.3 is 0 Å². The average Bonchev–Trinajstić information content (AvgIpc) is 2.28. The molecule has 106 valence electrons. The maximum absolute atomic E-state index is 12.7. The minimum atomic E-state index is -3.93. The molecule has 0 heterocycles. The van der Waals surface area contributed by atoms with Gasteiger partial charge in [0.15, 0.2) is 0 Å². The Labute approximate surface area is 110 Å². The lowest BCUT2D eigenvalue weighted by molar-refractivity contribution is -0.130. The van der Waals surface area contributed by atoms with Crippen LogP contribution in [0.2, 0.25) is 0 Å². The van der Waals surface area contributed by atoms with Gasteiger partial charge in [0.1, 0.15) is 12.4 Å². The number of hydrazine groups is 1. The minimum Gasteiger partial charge on any atom is -0.287 e. The predicted octanol–water partition coefficient (Wildman–Crippen LogP) is -0.372. The van der Waals surface area contributed by atoms with E-state index in [9.17, 15) is 17.6 Å². The third-order valence-electron chi connectivity index (χ3n) is 1.84. The molecule has 1 aromatic rings. The van der Waals surface area contributed by atoms with Crippen molar-refractivity contribution in [3.63, 3.8) is 0 Å². The molecule has 0 unspecified atom stereocenters. The van der Waals surface area contributed by atoms with Gasteiger partial charge >= 0.3 is 0 Å². The van der Waals surface area contributed by atoms with Gasteiger partial charge in [-0.25, -0.2) is 17.8 Å². The molecule has 0 radical (unpaired) electrons. The van der Waals surface area contributed by atoms with Gasteiger partial charge in [-0.2, -0.15) is 0 Å². The fourth-order valence-electron chi connectivity index (χ4n) is 1.12. The molecule has 0 saturated carbocycles. The fraction of sp³-hybridized carbons (Fsp3) is 0.300. The van der Waals surface area contributed by atoms with E-state index in [1.54, 1.807) is 19.0 Å². The van der Waals surface area contributed by atoms with Crippen molar-refractivity contribution in [1.82, 2.24) is 15.3 Å². The van der Waals surface area contributed by atoms with Crippen molar-refractivity contribution < 1.29 is 22.4 Å². The van der Waals surface area contributed by atoms with E-state index in [2.05, 4.69) is 10.3 Å². The Balaban J connectivity index is 2.52. The van der Waals surface area contributed by atoms with E-state index in [0.29, 0.717) is 0 Å². The summed E-state index contributed by atoms with van der Waals surface area (Å²) >= 11 is 0. The number of nitrogens with zero attached hydrogens (tertiary/aromatic N) is 1. The van der Waals surface area contributed by atoms with Crippen LogP contribution in [0.4, 0.5) is 4.39 Å². The third-order valence-corrected chi connectivity index (χ3v) is 3.07. The van der Waals surface area contributed by atoms with E-state index in [4.69, 9.17) is 0 Å². The predicted molar refractivity (Wildman–Crippen MR) is 64.5 cm³/mol. The first-order valence-electron chi connectivity index (χ1n) is 5.17. The molecular formula is C10H14FN3O4S. The number of hydrogen-bond acceptors (Lipinski definition) is 5. The number of hydrogen-bond donors (Lipinski definition) is 2. The van der Waals surface area contributed by atoms with E-state index in [-0.39, 0.29) is 4.90 Å². The molecule has 0 aliphatic heterocycles. The zero-order valence-corrected chi connectivity index (χ0v) is 11.2. The molecule has 0 spiro atoms. The van der Waals surface area contributed by atoms with Crippen molar-refractivity contribution >= 4 is 15.9 Å². The first-order valence-corrected chi connectivity index (χ1v) is 6.65. The van der Waals surface area contributed by atoms with Crippen molar-refractivity contribution in [1.29, 1.82) is 0 Å². The van der Waals surface area contributed by atoms with Gasteiger partial charge in [0.25, 0.3) is 15.9 Å². The number of rotatable bonds is 6. The van der Waals surface area contributed by atoms with Crippen molar-refractivity contribution in [2.75, 3.05) is 20.7 Å². The second-order valence-corrected chi connectivity index (χ2v) is 5.40. The van der Waals surface area contributed by atoms with Gasteiger partial charge in [-0.3, -0.25) is 15.1 Å². The lowest BCUT2D eigenvalue weighted by Gasteiger charge is -2.12. The number of carbonyl (C=O) groups is 1. The molecule has 1 amide bonds. The van der Waals surface area contributed by atoms with Crippen LogP contribution in [0.3, 0.4) is 0 Å². The Morgan fingerprint density at radius 3 is 2.42 bits per heavy atom. The lowest BCUT2D eigenvalue weighted by atomic mass is 10.4. The zero-order valence-electron chi connectivity index (χ0n) is 10.4. The summed E-state index contributed by atoms with van der Waals surface area (Å²) in [6, 6.07) is 4.18. The topological polar surface area (TPSA) is 87.7 Å². The first kappa shape index (κ1) is 15.5. The molecule has 9 heteroatoms. The lowest BCUT2D eigenvalue weighted by Crippen LogP contribution is -2.40. The Morgan fingerprint density at radius 1 is 1.32 bits per heavy atom. The molecule has 0 bridgehead atoms. The molecule has 1 aromatic carbocycles. The highest BCUT2D eigenvalue weighted by Gasteiger charge is 2.14. The van der Waals surface area contributed by atoms with E-state index < -0.39 is 28.4 Å². The van der Waals surface area contributed by atoms with Gasteiger partial charge in [-0.05, 0) is 24.3 Å². The van der Waals surface area contributed by atoms with Crippen LogP contribution in [0, 0.1) is 5.82 Å². The summed E-state index contributed by atoms with van der Waals surface area (Å²) in [5, 5.41) is 1.39. The Morgan fingerprint density at radius 2 is 1.89 bits per heavy atom. The van der Waals surface area contributed by atoms with Crippen LogP contribution in [-0.2, 0) is 19.7 Å². The molecule has 0 fully saturated rings. The maximum atomic E-state index is 12.7. The number of amides is 1. The molecule has 0 aliphatic rings. The smallest absolute Gasteiger partial charge is 0.262 e. The summed E-state index contributed by atoms with van der Waals surface area (Å²) in [6.45, 7) is -0.487. The van der Waals surface area contributed by atoms with Crippen molar-refractivity contribution in [3.8, 4) is 0 Å². The third kappa shape index (κ3) is 5.30. The van der Waals surface area contributed by atoms with Crippen LogP contribution < -0.4 is 10.3 Å². The Kier molecular flexibility index (Phi) is 5.36. The van der Waals surface area contributed by atoms with Gasteiger partial charge in [-0.15, -0.1) is 0 Å². The first-order chi connectivity index (χ1) is 8.81. The summed E-state index contributed by atoms with van der Waals surface area (Å²) in [5.41, 5.74) is 2.36. The molecule has 0 atom stereocenters. The maximum Gasteiger partial charge on any atom is 0.262 e. The molecule has 2 N–H and O–H groups in total. The number of nitrogens with one attached hydrogen (secondary N) is 2. The summed E-state index contributed by atoms with van der Waals surface area (Å²) in [7, 11) is -0.738. The molecule has 7 nitrogen and oxygen atoms in total. The molecule has 0 saturated heterocycles. The number of carbonyl (C=O) groups excluding carboxylic acids is 1. The van der Waals surface area contributed by atoms with E-state index in [1.165, 1.54) is 5.01 Å². The summed E-state index contributed by atoms with van der Waals surface area (Å²) in [6.07, 6.45) is 0. The molecular weight excluding hydrogens is 277 g/mol. The van der Waals surface area contributed by atoms with Gasteiger partial charge in [0.05, 0.1) is 4.90 Å². The number of halogens is 1. The van der Waals surface area contributed by atoms with Crippen molar-refractivity contribution in [2.24, 2.45) is 0 Å². The van der Waals surface area contributed by atoms with Crippen molar-refractivity contribution in [2.45, 2.75) is 4.90 Å². The highest BCUT2D eigenvalue weighted by Crippen LogP contribution is 2.09. The molecule has 19 heavy (non-hydrogen) atoms. The molecule has 0 aliphatic carbocycles. The summed E-state index contributed by atoms with van der Waals surface area (Å²) < 4.78 is 35.9. The Bertz CT molecular complexity index is 530. The SMILES string of the molecule is CN(C)NC(=O)CONS(=O)(=O)c1ccc(F)cc1. The van der Waals surface area contributed by atoms with Crippen LogP contribution in [0.1, 0.15) is 0 Å². The van der Waals surface area contributed by atoms with E-state index in [0.717, 1.165) is 24.3 Å². The largest absolute Gasteiger partial charge is 0.287 e. The van der Waals surface area contributed by atoms with Crippen LogP contribution in [0.5, 0.6) is 0 Å². The van der Waals surface area contributed by atoms with Crippen LogP contribution in [0.25, 0.3) is 0 Å². The second-order valence-electron chi connectivity index (χ2n) is 3.76. The summed E-state index contributed by atoms with van der Waals surface area (Å²) in [4.78, 5) is 17.3. The van der Waals surface area contributed by atoms with Gasteiger partial charge in [-0.1, -0.05) is 4.89 Å². The number of benzene rings is 1. The van der Waals surface area contributed by atoms with Crippen molar-refractivity contribution in [3.05, 3.63) is 30.1 Å². The van der Waals surface area contributed by atoms with Gasteiger partial charge in [0, 0.05) is 14.1 Å². The monoisotopic (exact) mass is 291 g/mol. The summed E-state index contributed by atoms with van der Waals surface area (Å²) in [5.74, 6) is -1.07. The standard InChI is InChI=1S/C10H14FN3O4S/c1-14(2)12-10(15)7-18-13-19(16,17)9-5-3-8(11)4-6-9/h3-6,13H,7H2,1-2H3,(H,12,15). The highest BCUT2D eigenvalue weighted by atomic mass is 32.2.